The van der Waals surface area contributed by atoms with Gasteiger partial charge >= 0.3 is 12.1 Å². The third-order valence-electron chi connectivity index (χ3n) is 1.19. The van der Waals surface area contributed by atoms with E-state index < -0.39 is 24.3 Å². The van der Waals surface area contributed by atoms with Crippen LogP contribution in [0.2, 0.25) is 0 Å². The zero-order chi connectivity index (χ0) is 11.9. The van der Waals surface area contributed by atoms with Crippen molar-refractivity contribution < 1.29 is 27.9 Å². The van der Waals surface area contributed by atoms with E-state index in [-0.39, 0.29) is 6.54 Å². The highest BCUT2D eigenvalue weighted by atomic mass is 19.4. The molecule has 7 heteroatoms. The molecule has 0 spiro atoms. The minimum absolute atomic E-state index is 0.0720. The second-order valence-corrected chi connectivity index (χ2v) is 2.41. The average molecular weight is 223 g/mol. The summed E-state index contributed by atoms with van der Waals surface area (Å²) in [4.78, 5) is 23.6. The van der Waals surface area contributed by atoms with Crippen LogP contribution in [-0.2, 0) is 9.59 Å². The molecule has 0 fully saturated rings. The summed E-state index contributed by atoms with van der Waals surface area (Å²) in [5, 5.41) is 8.12. The lowest BCUT2D eigenvalue weighted by atomic mass is 10.3. The molecule has 0 aromatic carbocycles. The molecule has 0 bridgehead atoms. The van der Waals surface area contributed by atoms with Gasteiger partial charge in [0.2, 0.25) is 5.78 Å². The molecule has 84 valence electrons. The number of carboxylic acids is 1. The molecule has 0 aliphatic carbocycles. The summed E-state index contributed by atoms with van der Waals surface area (Å²) in [6.07, 6.45) is -2.91. The van der Waals surface area contributed by atoms with Crippen molar-refractivity contribution in [3.05, 3.63) is 12.2 Å². The standard InChI is InChI=1S/C8H8F3NO3/c9-8(10,11)6(13)3-5-12-4-1-2-7(14)15/h1-2,5H,3-4H2,(H,14,15). The van der Waals surface area contributed by atoms with Crippen LogP contribution in [0.5, 0.6) is 0 Å². The minimum atomic E-state index is -4.84. The Kier molecular flexibility index (Phi) is 5.29. The summed E-state index contributed by atoms with van der Waals surface area (Å²) in [7, 11) is 0. The van der Waals surface area contributed by atoms with E-state index in [1.54, 1.807) is 0 Å². The summed E-state index contributed by atoms with van der Waals surface area (Å²) in [5.74, 6) is -3.05. The highest BCUT2D eigenvalue weighted by molar-refractivity contribution is 5.95. The van der Waals surface area contributed by atoms with Crippen molar-refractivity contribution in [2.45, 2.75) is 12.6 Å². The van der Waals surface area contributed by atoms with Gasteiger partial charge in [0.1, 0.15) is 0 Å². The number of aliphatic imine (C=N–C) groups is 1. The number of ketones is 1. The Labute approximate surface area is 83.1 Å². The van der Waals surface area contributed by atoms with Crippen LogP contribution in [0.1, 0.15) is 6.42 Å². The lowest BCUT2D eigenvalue weighted by Crippen LogP contribution is -2.22. The van der Waals surface area contributed by atoms with E-state index in [1.165, 1.54) is 0 Å². The van der Waals surface area contributed by atoms with Crippen LogP contribution in [0.25, 0.3) is 0 Å². The van der Waals surface area contributed by atoms with Crippen LogP contribution < -0.4 is 0 Å². The largest absolute Gasteiger partial charge is 0.478 e. The van der Waals surface area contributed by atoms with Gasteiger partial charge in [0.15, 0.2) is 0 Å². The smallest absolute Gasteiger partial charge is 0.450 e. The quantitative estimate of drug-likeness (QED) is 0.562. The molecule has 0 radical (unpaired) electrons. The highest BCUT2D eigenvalue weighted by Crippen LogP contribution is 2.16. The minimum Gasteiger partial charge on any atom is -0.478 e. The SMILES string of the molecule is O=C(O)C=CCN=CCC(=O)C(F)(F)F. The van der Waals surface area contributed by atoms with Gasteiger partial charge in [-0.15, -0.1) is 0 Å². The van der Waals surface area contributed by atoms with E-state index >= 15 is 0 Å². The Morgan fingerprint density at radius 2 is 1.93 bits per heavy atom. The molecule has 0 aliphatic rings. The van der Waals surface area contributed by atoms with Gasteiger partial charge in [0, 0.05) is 12.3 Å². The number of hydrogen-bond acceptors (Lipinski definition) is 3. The Bertz CT molecular complexity index is 294. The second kappa shape index (κ2) is 5.94. The van der Waals surface area contributed by atoms with E-state index in [2.05, 4.69) is 4.99 Å². The predicted molar refractivity (Wildman–Crippen MR) is 45.8 cm³/mol. The van der Waals surface area contributed by atoms with Crippen molar-refractivity contribution >= 4 is 18.0 Å². The Morgan fingerprint density at radius 1 is 1.33 bits per heavy atom. The summed E-state index contributed by atoms with van der Waals surface area (Å²) in [6.45, 7) is -0.0720. The Hall–Kier alpha value is -1.66. The van der Waals surface area contributed by atoms with Gasteiger partial charge in [-0.2, -0.15) is 13.2 Å². The van der Waals surface area contributed by atoms with Crippen molar-refractivity contribution in [3.8, 4) is 0 Å². The first-order chi connectivity index (χ1) is 6.84. The molecule has 0 unspecified atom stereocenters. The van der Waals surface area contributed by atoms with Gasteiger partial charge in [0.05, 0.1) is 13.0 Å². The summed E-state index contributed by atoms with van der Waals surface area (Å²) >= 11 is 0. The lowest BCUT2D eigenvalue weighted by molar-refractivity contribution is -0.169. The number of carbonyl (C=O) groups excluding carboxylic acids is 1. The van der Waals surface area contributed by atoms with Crippen molar-refractivity contribution in [2.75, 3.05) is 6.54 Å². The van der Waals surface area contributed by atoms with Crippen LogP contribution in [0.15, 0.2) is 17.1 Å². The van der Waals surface area contributed by atoms with Crippen LogP contribution >= 0.6 is 0 Å². The maximum absolute atomic E-state index is 11.6. The molecule has 0 atom stereocenters. The molecular weight excluding hydrogens is 215 g/mol. The fourth-order valence-corrected chi connectivity index (χ4v) is 0.552. The van der Waals surface area contributed by atoms with Crippen LogP contribution in [0, 0.1) is 0 Å². The number of carboxylic acid groups (broad SMARTS) is 1. The number of nitrogens with zero attached hydrogens (tertiary/aromatic N) is 1. The molecule has 0 saturated carbocycles. The number of aliphatic carboxylic acids is 1. The molecule has 15 heavy (non-hydrogen) atoms. The van der Waals surface area contributed by atoms with Crippen LogP contribution in [-0.4, -0.2) is 35.8 Å². The monoisotopic (exact) mass is 223 g/mol. The maximum Gasteiger partial charge on any atom is 0.450 e. The molecule has 1 N–H and O–H groups in total. The topological polar surface area (TPSA) is 66.7 Å². The third kappa shape index (κ3) is 7.41. The number of alkyl halides is 3. The van der Waals surface area contributed by atoms with Crippen molar-refractivity contribution in [2.24, 2.45) is 4.99 Å². The molecule has 0 heterocycles. The molecule has 0 aliphatic heterocycles. The number of halogens is 3. The number of hydrogen-bond donors (Lipinski definition) is 1. The van der Waals surface area contributed by atoms with Gasteiger partial charge in [-0.05, 0) is 0 Å². The molecule has 0 rings (SSSR count). The molecule has 0 amide bonds. The van der Waals surface area contributed by atoms with Crippen molar-refractivity contribution in [3.63, 3.8) is 0 Å². The number of rotatable bonds is 5. The van der Waals surface area contributed by atoms with Gasteiger partial charge in [-0.3, -0.25) is 9.79 Å². The van der Waals surface area contributed by atoms with Crippen LogP contribution in [0.3, 0.4) is 0 Å². The third-order valence-corrected chi connectivity index (χ3v) is 1.19. The number of carbonyl (C=O) groups is 2. The summed E-state index contributed by atoms with van der Waals surface area (Å²) in [6, 6.07) is 0. The van der Waals surface area contributed by atoms with Gasteiger partial charge in [-0.25, -0.2) is 4.79 Å². The van der Waals surface area contributed by atoms with Crippen molar-refractivity contribution in [1.29, 1.82) is 0 Å². The number of Topliss-reactive ketones (excluding diaryl/α,β-unsaturated/α-hetero) is 1. The molecule has 0 saturated heterocycles. The van der Waals surface area contributed by atoms with Crippen LogP contribution in [0.4, 0.5) is 13.2 Å². The molecular formula is C8H8F3NO3. The lowest BCUT2D eigenvalue weighted by Gasteiger charge is -2.00. The fraction of sp³-hybridized carbons (Fsp3) is 0.375. The van der Waals surface area contributed by atoms with Gasteiger partial charge < -0.3 is 5.11 Å². The van der Waals surface area contributed by atoms with Gasteiger partial charge in [0.25, 0.3) is 0 Å². The highest BCUT2D eigenvalue weighted by Gasteiger charge is 2.36. The zero-order valence-electron chi connectivity index (χ0n) is 7.49. The predicted octanol–water partition coefficient (Wildman–Crippen LogP) is 1.22. The van der Waals surface area contributed by atoms with E-state index in [9.17, 15) is 22.8 Å². The van der Waals surface area contributed by atoms with Gasteiger partial charge in [-0.1, -0.05) is 6.08 Å². The van der Waals surface area contributed by atoms with Crippen molar-refractivity contribution in [1.82, 2.24) is 0 Å². The Morgan fingerprint density at radius 3 is 2.40 bits per heavy atom. The molecule has 4 nitrogen and oxygen atoms in total. The van der Waals surface area contributed by atoms with E-state index in [0.29, 0.717) is 0 Å². The van der Waals surface area contributed by atoms with E-state index in [0.717, 1.165) is 18.4 Å². The second-order valence-electron chi connectivity index (χ2n) is 2.41. The average Bonchev–Trinajstić information content (AvgIpc) is 2.08. The summed E-state index contributed by atoms with van der Waals surface area (Å²) < 4.78 is 34.9. The van der Waals surface area contributed by atoms with E-state index in [4.69, 9.17) is 5.11 Å². The Balaban J connectivity index is 3.82. The molecule has 0 aromatic rings. The first-order valence-corrected chi connectivity index (χ1v) is 3.82. The van der Waals surface area contributed by atoms with E-state index in [1.807, 2.05) is 0 Å². The normalized spacial score (nSPS) is 12.5. The first kappa shape index (κ1) is 13.3. The molecule has 0 aromatic heterocycles. The maximum atomic E-state index is 11.6. The zero-order valence-corrected chi connectivity index (χ0v) is 7.49. The summed E-state index contributed by atoms with van der Waals surface area (Å²) in [5.41, 5.74) is 0. The fourth-order valence-electron chi connectivity index (χ4n) is 0.552. The first-order valence-electron chi connectivity index (χ1n) is 3.82.